The molecule has 0 aromatic carbocycles. The summed E-state index contributed by atoms with van der Waals surface area (Å²) in [7, 11) is 0. The van der Waals surface area contributed by atoms with E-state index in [-0.39, 0.29) is 0 Å². The Kier molecular flexibility index (Phi) is 7.38. The minimum Gasteiger partial charge on any atom is -0.469 e. The maximum atomic E-state index is 5.74. The summed E-state index contributed by atoms with van der Waals surface area (Å²) in [6.07, 6.45) is 5.19. The molecule has 0 amide bonds. The third-order valence-corrected chi connectivity index (χ3v) is 5.00. The minimum atomic E-state index is 0.291. The predicted molar refractivity (Wildman–Crippen MR) is 105 cm³/mol. The van der Waals surface area contributed by atoms with E-state index in [4.69, 9.17) is 14.1 Å². The van der Waals surface area contributed by atoms with Gasteiger partial charge in [0.25, 0.3) is 0 Å². The number of nitrogens with one attached hydrogen (secondary N) is 1. The van der Waals surface area contributed by atoms with Crippen molar-refractivity contribution >= 4 is 5.96 Å². The first kappa shape index (κ1) is 19.2. The van der Waals surface area contributed by atoms with Crippen LogP contribution in [0.25, 0.3) is 0 Å². The number of hydrogen-bond donors (Lipinski definition) is 1. The van der Waals surface area contributed by atoms with Crippen molar-refractivity contribution in [3.8, 4) is 0 Å². The lowest BCUT2D eigenvalue weighted by Gasteiger charge is -2.37. The van der Waals surface area contributed by atoms with E-state index in [9.17, 15) is 0 Å². The van der Waals surface area contributed by atoms with Crippen molar-refractivity contribution in [2.24, 2.45) is 10.9 Å². The highest BCUT2D eigenvalue weighted by atomic mass is 16.5. The summed E-state index contributed by atoms with van der Waals surface area (Å²) >= 11 is 0. The molecule has 6 heteroatoms. The fourth-order valence-electron chi connectivity index (χ4n) is 3.66. The largest absolute Gasteiger partial charge is 0.469 e. The van der Waals surface area contributed by atoms with E-state index in [0.717, 1.165) is 82.8 Å². The van der Waals surface area contributed by atoms with Crippen molar-refractivity contribution in [2.45, 2.75) is 39.2 Å². The third kappa shape index (κ3) is 6.02. The van der Waals surface area contributed by atoms with Crippen LogP contribution in [0.1, 0.15) is 32.4 Å². The van der Waals surface area contributed by atoms with Gasteiger partial charge in [-0.1, -0.05) is 13.8 Å². The second-order valence-electron chi connectivity index (χ2n) is 7.74. The van der Waals surface area contributed by atoms with Gasteiger partial charge in [-0.15, -0.1) is 0 Å². The topological polar surface area (TPSA) is 53.2 Å². The molecule has 3 heterocycles. The molecule has 1 atom stereocenters. The van der Waals surface area contributed by atoms with Gasteiger partial charge in [0.1, 0.15) is 5.76 Å². The molecular formula is C20H34N4O2. The molecule has 2 fully saturated rings. The van der Waals surface area contributed by atoms with Crippen LogP contribution in [-0.4, -0.2) is 74.3 Å². The standard InChI is InChI=1S/C20H34N4O2/c1-17(2)16-23-9-11-24(12-10-23)20(22-15-19-6-4-14-26-19)21-8-7-18-5-3-13-25-18/h3,5,13,17,19H,4,6-12,14-16H2,1-2H3,(H,21,22). The second-order valence-corrected chi connectivity index (χ2v) is 7.74. The van der Waals surface area contributed by atoms with Crippen LogP contribution in [0.4, 0.5) is 0 Å². The van der Waals surface area contributed by atoms with Crippen molar-refractivity contribution in [2.75, 3.05) is 52.4 Å². The lowest BCUT2D eigenvalue weighted by molar-refractivity contribution is 0.117. The van der Waals surface area contributed by atoms with Crippen LogP contribution >= 0.6 is 0 Å². The van der Waals surface area contributed by atoms with Crippen LogP contribution in [0.3, 0.4) is 0 Å². The number of aliphatic imine (C=N–C) groups is 1. The Hall–Kier alpha value is -1.53. The summed E-state index contributed by atoms with van der Waals surface area (Å²) in [6.45, 7) is 12.5. The Labute approximate surface area is 157 Å². The Morgan fingerprint density at radius 2 is 2.15 bits per heavy atom. The number of furan rings is 1. The number of rotatable bonds is 7. The highest BCUT2D eigenvalue weighted by Crippen LogP contribution is 2.12. The summed E-state index contributed by atoms with van der Waals surface area (Å²) in [4.78, 5) is 9.85. The zero-order chi connectivity index (χ0) is 18.2. The summed E-state index contributed by atoms with van der Waals surface area (Å²) in [5, 5.41) is 3.55. The van der Waals surface area contributed by atoms with Crippen LogP contribution < -0.4 is 5.32 Å². The Morgan fingerprint density at radius 1 is 1.31 bits per heavy atom. The molecule has 1 aromatic rings. The fraction of sp³-hybridized carbons (Fsp3) is 0.750. The normalized spacial score (nSPS) is 22.3. The SMILES string of the molecule is CC(C)CN1CCN(C(=NCC2CCCO2)NCCc2ccco2)CC1. The maximum Gasteiger partial charge on any atom is 0.194 e. The molecule has 2 aliphatic rings. The average molecular weight is 363 g/mol. The third-order valence-electron chi connectivity index (χ3n) is 5.00. The van der Waals surface area contributed by atoms with Crippen LogP contribution in [0.15, 0.2) is 27.8 Å². The van der Waals surface area contributed by atoms with Gasteiger partial charge in [-0.25, -0.2) is 0 Å². The van der Waals surface area contributed by atoms with Gasteiger partial charge in [-0.2, -0.15) is 0 Å². The summed E-state index contributed by atoms with van der Waals surface area (Å²) in [5.74, 6) is 2.76. The van der Waals surface area contributed by atoms with E-state index in [1.807, 2.05) is 12.1 Å². The van der Waals surface area contributed by atoms with Gasteiger partial charge < -0.3 is 19.4 Å². The molecule has 0 bridgehead atoms. The highest BCUT2D eigenvalue weighted by molar-refractivity contribution is 5.80. The molecule has 6 nitrogen and oxygen atoms in total. The van der Waals surface area contributed by atoms with Crippen molar-refractivity contribution in [3.05, 3.63) is 24.2 Å². The highest BCUT2D eigenvalue weighted by Gasteiger charge is 2.21. The van der Waals surface area contributed by atoms with Crippen LogP contribution in [-0.2, 0) is 11.2 Å². The first-order valence-electron chi connectivity index (χ1n) is 10.1. The van der Waals surface area contributed by atoms with E-state index in [0.29, 0.717) is 6.10 Å². The minimum absolute atomic E-state index is 0.291. The van der Waals surface area contributed by atoms with Gasteiger partial charge in [0, 0.05) is 52.3 Å². The molecule has 2 aliphatic heterocycles. The van der Waals surface area contributed by atoms with E-state index < -0.39 is 0 Å². The zero-order valence-corrected chi connectivity index (χ0v) is 16.3. The van der Waals surface area contributed by atoms with Gasteiger partial charge in [-0.05, 0) is 30.9 Å². The molecule has 1 unspecified atom stereocenters. The van der Waals surface area contributed by atoms with E-state index in [1.54, 1.807) is 6.26 Å². The van der Waals surface area contributed by atoms with E-state index in [1.165, 1.54) is 6.54 Å². The number of nitrogens with zero attached hydrogens (tertiary/aromatic N) is 3. The van der Waals surface area contributed by atoms with Crippen LogP contribution in [0.2, 0.25) is 0 Å². The van der Waals surface area contributed by atoms with Crippen molar-refractivity contribution in [1.82, 2.24) is 15.1 Å². The maximum absolute atomic E-state index is 5.74. The summed E-state index contributed by atoms with van der Waals surface area (Å²) in [5.41, 5.74) is 0. The molecule has 26 heavy (non-hydrogen) atoms. The first-order valence-corrected chi connectivity index (χ1v) is 10.1. The van der Waals surface area contributed by atoms with Crippen molar-refractivity contribution in [3.63, 3.8) is 0 Å². The van der Waals surface area contributed by atoms with E-state index >= 15 is 0 Å². The van der Waals surface area contributed by atoms with Crippen molar-refractivity contribution < 1.29 is 9.15 Å². The van der Waals surface area contributed by atoms with Gasteiger partial charge >= 0.3 is 0 Å². The first-order chi connectivity index (χ1) is 12.7. The monoisotopic (exact) mass is 362 g/mol. The molecule has 1 N–H and O–H groups in total. The Balaban J connectivity index is 1.52. The summed E-state index contributed by atoms with van der Waals surface area (Å²) < 4.78 is 11.2. The lowest BCUT2D eigenvalue weighted by Crippen LogP contribution is -2.53. The lowest BCUT2D eigenvalue weighted by atomic mass is 10.2. The Bertz CT molecular complexity index is 530. The molecular weight excluding hydrogens is 328 g/mol. The molecule has 1 aromatic heterocycles. The number of piperazine rings is 1. The molecule has 146 valence electrons. The number of guanidine groups is 1. The molecule has 0 radical (unpaired) electrons. The smallest absolute Gasteiger partial charge is 0.194 e. The van der Waals surface area contributed by atoms with Gasteiger partial charge in [0.2, 0.25) is 0 Å². The molecule has 0 spiro atoms. The van der Waals surface area contributed by atoms with Crippen LogP contribution in [0, 0.1) is 5.92 Å². The van der Waals surface area contributed by atoms with E-state index in [2.05, 4.69) is 29.0 Å². The molecule has 0 aliphatic carbocycles. The molecule has 0 saturated carbocycles. The van der Waals surface area contributed by atoms with Crippen LogP contribution in [0.5, 0.6) is 0 Å². The zero-order valence-electron chi connectivity index (χ0n) is 16.3. The predicted octanol–water partition coefficient (Wildman–Crippen LogP) is 2.22. The van der Waals surface area contributed by atoms with Gasteiger partial charge in [0.05, 0.1) is 18.9 Å². The van der Waals surface area contributed by atoms with Gasteiger partial charge in [0.15, 0.2) is 5.96 Å². The molecule has 2 saturated heterocycles. The fourth-order valence-corrected chi connectivity index (χ4v) is 3.66. The summed E-state index contributed by atoms with van der Waals surface area (Å²) in [6, 6.07) is 3.96. The van der Waals surface area contributed by atoms with Crippen molar-refractivity contribution in [1.29, 1.82) is 0 Å². The van der Waals surface area contributed by atoms with Gasteiger partial charge in [-0.3, -0.25) is 9.89 Å². The number of ether oxygens (including phenoxy) is 1. The quantitative estimate of drug-likeness (QED) is 0.595. The second kappa shape index (κ2) is 9.97. The average Bonchev–Trinajstić information content (AvgIpc) is 3.32. The molecule has 3 rings (SSSR count). The number of hydrogen-bond acceptors (Lipinski definition) is 4. The Morgan fingerprint density at radius 3 is 2.81 bits per heavy atom.